The van der Waals surface area contributed by atoms with Crippen LogP contribution in [0.2, 0.25) is 0 Å². The quantitative estimate of drug-likeness (QED) is 0.850. The summed E-state index contributed by atoms with van der Waals surface area (Å²) in [6.07, 6.45) is 3.81. The van der Waals surface area contributed by atoms with Crippen LogP contribution in [-0.4, -0.2) is 41.8 Å². The molecular formula is C20H25NO5. The first-order valence-electron chi connectivity index (χ1n) is 9.24. The second-order valence-electron chi connectivity index (χ2n) is 7.15. The second kappa shape index (κ2) is 7.02. The molecule has 6 heteroatoms. The molecule has 1 aliphatic carbocycles. The van der Waals surface area contributed by atoms with E-state index in [1.807, 2.05) is 24.3 Å². The lowest BCUT2D eigenvalue weighted by molar-refractivity contribution is -0.183. The molecule has 1 N–H and O–H groups in total. The molecule has 1 aromatic carbocycles. The number of methoxy groups -OCH3 is 1. The number of carbonyl (C=O) groups excluding carboxylic acids is 1. The summed E-state index contributed by atoms with van der Waals surface area (Å²) in [5.74, 6) is -0.314. The summed E-state index contributed by atoms with van der Waals surface area (Å²) >= 11 is 0. The standard InChI is InChI=1S/C20H25NO5/c1-24-19(23)18-15-4-2-3-5-16(15)21(17(18)13-22)12-14-6-8-20(9-7-14)25-10-11-26-20/h2-5,14,22H,6-13H2,1H3. The monoisotopic (exact) mass is 359 g/mol. The minimum absolute atomic E-state index is 0.192. The van der Waals surface area contributed by atoms with E-state index in [1.165, 1.54) is 7.11 Å². The van der Waals surface area contributed by atoms with Gasteiger partial charge in [0.15, 0.2) is 5.79 Å². The van der Waals surface area contributed by atoms with Gasteiger partial charge in [-0.1, -0.05) is 18.2 Å². The Balaban J connectivity index is 1.63. The van der Waals surface area contributed by atoms with E-state index in [0.717, 1.165) is 43.1 Å². The highest BCUT2D eigenvalue weighted by Gasteiger charge is 2.40. The summed E-state index contributed by atoms with van der Waals surface area (Å²) in [5, 5.41) is 10.8. The normalized spacial score (nSPS) is 20.1. The molecule has 140 valence electrons. The van der Waals surface area contributed by atoms with Gasteiger partial charge >= 0.3 is 5.97 Å². The molecule has 2 heterocycles. The van der Waals surface area contributed by atoms with Crippen molar-refractivity contribution in [3.63, 3.8) is 0 Å². The summed E-state index contributed by atoms with van der Waals surface area (Å²) < 4.78 is 18.7. The van der Waals surface area contributed by atoms with E-state index in [2.05, 4.69) is 4.57 Å². The van der Waals surface area contributed by atoms with Crippen LogP contribution in [0.4, 0.5) is 0 Å². The van der Waals surface area contributed by atoms with Gasteiger partial charge in [-0.3, -0.25) is 0 Å². The number of esters is 1. The van der Waals surface area contributed by atoms with E-state index in [0.29, 0.717) is 30.4 Å². The number of aliphatic hydroxyl groups is 1. The van der Waals surface area contributed by atoms with Crippen molar-refractivity contribution in [3.8, 4) is 0 Å². The van der Waals surface area contributed by atoms with E-state index in [9.17, 15) is 9.90 Å². The van der Waals surface area contributed by atoms with Crippen molar-refractivity contribution in [3.05, 3.63) is 35.5 Å². The van der Waals surface area contributed by atoms with Crippen LogP contribution in [0.3, 0.4) is 0 Å². The molecule has 0 amide bonds. The van der Waals surface area contributed by atoms with Crippen LogP contribution in [0.5, 0.6) is 0 Å². The van der Waals surface area contributed by atoms with E-state index >= 15 is 0 Å². The maximum absolute atomic E-state index is 12.3. The Bertz CT molecular complexity index is 796. The summed E-state index contributed by atoms with van der Waals surface area (Å²) in [5.41, 5.74) is 2.07. The minimum atomic E-state index is -0.403. The average molecular weight is 359 g/mol. The van der Waals surface area contributed by atoms with Crippen molar-refractivity contribution in [2.45, 2.75) is 44.6 Å². The number of aliphatic hydroxyl groups excluding tert-OH is 1. The number of hydrogen-bond donors (Lipinski definition) is 1. The maximum atomic E-state index is 12.3. The zero-order valence-corrected chi connectivity index (χ0v) is 15.1. The summed E-state index contributed by atoms with van der Waals surface area (Å²) in [4.78, 5) is 12.3. The lowest BCUT2D eigenvalue weighted by atomic mass is 9.85. The number of aromatic nitrogens is 1. The SMILES string of the molecule is COC(=O)c1c(CO)n(CC2CCC3(CC2)OCCO3)c2ccccc12. The van der Waals surface area contributed by atoms with Crippen LogP contribution in [0.15, 0.2) is 24.3 Å². The molecule has 2 fully saturated rings. The first-order valence-corrected chi connectivity index (χ1v) is 9.24. The molecular weight excluding hydrogens is 334 g/mol. The van der Waals surface area contributed by atoms with Gasteiger partial charge < -0.3 is 23.9 Å². The second-order valence-corrected chi connectivity index (χ2v) is 7.15. The van der Waals surface area contributed by atoms with Crippen molar-refractivity contribution in [1.29, 1.82) is 0 Å². The van der Waals surface area contributed by atoms with Crippen molar-refractivity contribution >= 4 is 16.9 Å². The van der Waals surface area contributed by atoms with E-state index in [4.69, 9.17) is 14.2 Å². The number of hydrogen-bond acceptors (Lipinski definition) is 5. The highest BCUT2D eigenvalue weighted by Crippen LogP contribution is 2.39. The fraction of sp³-hybridized carbons (Fsp3) is 0.550. The number of rotatable bonds is 4. The number of carbonyl (C=O) groups is 1. The Labute approximate surface area is 152 Å². The lowest BCUT2D eigenvalue weighted by Crippen LogP contribution is -2.36. The molecule has 0 atom stereocenters. The average Bonchev–Trinajstić information content (AvgIpc) is 3.26. The van der Waals surface area contributed by atoms with Gasteiger partial charge in [0.2, 0.25) is 0 Å². The first-order chi connectivity index (χ1) is 12.7. The van der Waals surface area contributed by atoms with Gasteiger partial charge in [0.25, 0.3) is 0 Å². The number of nitrogens with zero attached hydrogens (tertiary/aromatic N) is 1. The Hall–Kier alpha value is -1.89. The van der Waals surface area contributed by atoms with Crippen LogP contribution in [-0.2, 0) is 27.4 Å². The van der Waals surface area contributed by atoms with Gasteiger partial charge in [-0.15, -0.1) is 0 Å². The third-order valence-corrected chi connectivity index (χ3v) is 5.74. The number of benzene rings is 1. The molecule has 2 aliphatic rings. The van der Waals surface area contributed by atoms with E-state index < -0.39 is 5.97 Å². The third kappa shape index (κ3) is 2.92. The molecule has 4 rings (SSSR count). The molecule has 6 nitrogen and oxygen atoms in total. The highest BCUT2D eigenvalue weighted by molar-refractivity contribution is 6.05. The fourth-order valence-corrected chi connectivity index (χ4v) is 4.40. The lowest BCUT2D eigenvalue weighted by Gasteiger charge is -2.35. The maximum Gasteiger partial charge on any atom is 0.340 e. The smallest absolute Gasteiger partial charge is 0.340 e. The van der Waals surface area contributed by atoms with Gasteiger partial charge in [0.1, 0.15) is 0 Å². The van der Waals surface area contributed by atoms with Crippen LogP contribution in [0, 0.1) is 5.92 Å². The summed E-state index contributed by atoms with van der Waals surface area (Å²) in [6, 6.07) is 7.76. The topological polar surface area (TPSA) is 69.9 Å². The van der Waals surface area contributed by atoms with Gasteiger partial charge in [-0.25, -0.2) is 4.79 Å². The van der Waals surface area contributed by atoms with Crippen molar-refractivity contribution in [1.82, 2.24) is 4.57 Å². The zero-order chi connectivity index (χ0) is 18.1. The number of para-hydroxylation sites is 1. The largest absolute Gasteiger partial charge is 0.465 e. The Morgan fingerprint density at radius 1 is 1.27 bits per heavy atom. The minimum Gasteiger partial charge on any atom is -0.465 e. The summed E-state index contributed by atoms with van der Waals surface area (Å²) in [7, 11) is 1.37. The molecule has 0 radical (unpaired) electrons. The Morgan fingerprint density at radius 2 is 1.96 bits per heavy atom. The zero-order valence-electron chi connectivity index (χ0n) is 15.1. The van der Waals surface area contributed by atoms with Gasteiger partial charge in [0.05, 0.1) is 38.2 Å². The summed E-state index contributed by atoms with van der Waals surface area (Å²) in [6.45, 7) is 1.94. The molecule has 0 unspecified atom stereocenters. The van der Waals surface area contributed by atoms with Crippen LogP contribution in [0.25, 0.3) is 10.9 Å². The van der Waals surface area contributed by atoms with Crippen molar-refractivity contribution < 1.29 is 24.1 Å². The van der Waals surface area contributed by atoms with Crippen molar-refractivity contribution in [2.75, 3.05) is 20.3 Å². The van der Waals surface area contributed by atoms with Gasteiger partial charge in [-0.2, -0.15) is 0 Å². The van der Waals surface area contributed by atoms with Gasteiger partial charge in [-0.05, 0) is 24.8 Å². The molecule has 0 bridgehead atoms. The predicted molar refractivity (Wildman–Crippen MR) is 95.8 cm³/mol. The first kappa shape index (κ1) is 17.5. The highest BCUT2D eigenvalue weighted by atomic mass is 16.7. The Morgan fingerprint density at radius 3 is 2.62 bits per heavy atom. The molecule has 1 saturated carbocycles. The van der Waals surface area contributed by atoms with Crippen molar-refractivity contribution in [2.24, 2.45) is 5.92 Å². The predicted octanol–water partition coefficient (Wildman–Crippen LogP) is 2.85. The third-order valence-electron chi connectivity index (χ3n) is 5.74. The molecule has 26 heavy (non-hydrogen) atoms. The van der Waals surface area contributed by atoms with Gasteiger partial charge in [0, 0.05) is 30.3 Å². The fourth-order valence-electron chi connectivity index (χ4n) is 4.40. The molecule has 1 aliphatic heterocycles. The molecule has 2 aromatic rings. The molecule has 1 aromatic heterocycles. The van der Waals surface area contributed by atoms with E-state index in [-0.39, 0.29) is 12.4 Å². The van der Waals surface area contributed by atoms with Crippen LogP contribution < -0.4 is 0 Å². The number of ether oxygens (including phenoxy) is 3. The van der Waals surface area contributed by atoms with Crippen LogP contribution in [0.1, 0.15) is 41.7 Å². The van der Waals surface area contributed by atoms with E-state index in [1.54, 1.807) is 0 Å². The number of fused-ring (bicyclic) bond motifs is 1. The molecule has 1 spiro atoms. The molecule has 1 saturated heterocycles. The van der Waals surface area contributed by atoms with Crippen LogP contribution >= 0.6 is 0 Å². The Kier molecular flexibility index (Phi) is 4.73.